The van der Waals surface area contributed by atoms with Crippen LogP contribution in [0.1, 0.15) is 31.7 Å². The highest BCUT2D eigenvalue weighted by Gasteiger charge is 2.32. The van der Waals surface area contributed by atoms with Crippen molar-refractivity contribution >= 4 is 0 Å². The van der Waals surface area contributed by atoms with Crippen molar-refractivity contribution < 1.29 is 9.84 Å². The van der Waals surface area contributed by atoms with Gasteiger partial charge in [0, 0.05) is 6.61 Å². The van der Waals surface area contributed by atoms with Crippen molar-refractivity contribution in [3.05, 3.63) is 35.9 Å². The number of nitrogens with one attached hydrogen (secondary N) is 1. The minimum absolute atomic E-state index is 0.0572. The molecule has 0 bridgehead atoms. The van der Waals surface area contributed by atoms with E-state index < -0.39 is 5.54 Å². The molecule has 19 heavy (non-hydrogen) atoms. The molecular weight excluding hydrogens is 238 g/mol. The van der Waals surface area contributed by atoms with Crippen LogP contribution in [0.4, 0.5) is 0 Å². The van der Waals surface area contributed by atoms with E-state index in [1.165, 1.54) is 12.8 Å². The van der Waals surface area contributed by atoms with E-state index in [1.54, 1.807) is 0 Å². The number of benzene rings is 1. The van der Waals surface area contributed by atoms with Crippen molar-refractivity contribution in [2.45, 2.75) is 31.7 Å². The van der Waals surface area contributed by atoms with Crippen LogP contribution in [0.15, 0.2) is 30.3 Å². The number of aliphatic hydroxyl groups is 1. The summed E-state index contributed by atoms with van der Waals surface area (Å²) < 4.78 is 5.84. The molecule has 1 atom stereocenters. The second-order valence-corrected chi connectivity index (χ2v) is 5.49. The molecule has 106 valence electrons. The van der Waals surface area contributed by atoms with Gasteiger partial charge in [0.25, 0.3) is 0 Å². The monoisotopic (exact) mass is 263 g/mol. The molecule has 2 N–H and O–H groups in total. The Labute approximate surface area is 116 Å². The fourth-order valence-corrected chi connectivity index (χ4v) is 2.24. The van der Waals surface area contributed by atoms with E-state index >= 15 is 0 Å². The number of hydrogen-bond acceptors (Lipinski definition) is 3. The van der Waals surface area contributed by atoms with E-state index in [2.05, 4.69) is 24.4 Å². The summed E-state index contributed by atoms with van der Waals surface area (Å²) in [4.78, 5) is 0. The Bertz CT molecular complexity index is 364. The van der Waals surface area contributed by atoms with Gasteiger partial charge in [-0.2, -0.15) is 0 Å². The maximum absolute atomic E-state index is 9.89. The van der Waals surface area contributed by atoms with Gasteiger partial charge in [-0.15, -0.1) is 0 Å². The van der Waals surface area contributed by atoms with E-state index in [1.807, 2.05) is 18.2 Å². The molecule has 0 amide bonds. The van der Waals surface area contributed by atoms with Crippen LogP contribution in [0.25, 0.3) is 0 Å². The van der Waals surface area contributed by atoms with Crippen molar-refractivity contribution in [1.29, 1.82) is 0 Å². The summed E-state index contributed by atoms with van der Waals surface area (Å²) in [5, 5.41) is 13.4. The van der Waals surface area contributed by atoms with Gasteiger partial charge in [0.05, 0.1) is 18.8 Å². The lowest BCUT2D eigenvalue weighted by molar-refractivity contribution is 0.0290. The topological polar surface area (TPSA) is 41.5 Å². The first-order chi connectivity index (χ1) is 9.30. The van der Waals surface area contributed by atoms with E-state index in [0.29, 0.717) is 6.61 Å². The van der Waals surface area contributed by atoms with Gasteiger partial charge in [0.15, 0.2) is 0 Å². The lowest BCUT2D eigenvalue weighted by Gasteiger charge is -2.33. The quantitative estimate of drug-likeness (QED) is 0.718. The molecule has 2 rings (SSSR count). The Balaban J connectivity index is 2.04. The molecule has 0 aliphatic heterocycles. The number of rotatable bonds is 9. The maximum atomic E-state index is 9.89. The highest BCUT2D eigenvalue weighted by molar-refractivity contribution is 5.25. The molecule has 1 saturated carbocycles. The zero-order chi connectivity index (χ0) is 13.6. The van der Waals surface area contributed by atoms with Crippen molar-refractivity contribution in [3.63, 3.8) is 0 Å². The predicted octanol–water partition coefficient (Wildman–Crippen LogP) is 2.30. The SMILES string of the molecule is CCCNC(CO)(COCC1CC1)c1ccccc1. The van der Waals surface area contributed by atoms with Crippen molar-refractivity contribution in [2.75, 3.05) is 26.4 Å². The Morgan fingerprint density at radius 1 is 1.32 bits per heavy atom. The second-order valence-electron chi connectivity index (χ2n) is 5.49. The van der Waals surface area contributed by atoms with Crippen molar-refractivity contribution in [1.82, 2.24) is 5.32 Å². The summed E-state index contributed by atoms with van der Waals surface area (Å²) in [6.45, 7) is 4.42. The third-order valence-electron chi connectivity index (χ3n) is 3.71. The van der Waals surface area contributed by atoms with Crippen molar-refractivity contribution in [3.8, 4) is 0 Å². The zero-order valence-electron chi connectivity index (χ0n) is 11.8. The van der Waals surface area contributed by atoms with E-state index in [-0.39, 0.29) is 6.61 Å². The van der Waals surface area contributed by atoms with Crippen LogP contribution >= 0.6 is 0 Å². The molecule has 0 saturated heterocycles. The number of ether oxygens (including phenoxy) is 1. The second kappa shape index (κ2) is 7.04. The van der Waals surface area contributed by atoms with Gasteiger partial charge in [-0.25, -0.2) is 0 Å². The maximum Gasteiger partial charge on any atom is 0.0905 e. The van der Waals surface area contributed by atoms with Gasteiger partial charge >= 0.3 is 0 Å². The minimum Gasteiger partial charge on any atom is -0.394 e. The smallest absolute Gasteiger partial charge is 0.0905 e. The van der Waals surface area contributed by atoms with Crippen LogP contribution in [-0.4, -0.2) is 31.5 Å². The summed E-state index contributed by atoms with van der Waals surface area (Å²) in [6, 6.07) is 10.1. The molecule has 1 unspecified atom stereocenters. The first-order valence-corrected chi connectivity index (χ1v) is 7.30. The van der Waals surface area contributed by atoms with Gasteiger partial charge in [0.1, 0.15) is 0 Å². The molecule has 0 spiro atoms. The van der Waals surface area contributed by atoms with Gasteiger partial charge in [-0.3, -0.25) is 0 Å². The van der Waals surface area contributed by atoms with Crippen LogP contribution in [0.2, 0.25) is 0 Å². The fraction of sp³-hybridized carbons (Fsp3) is 0.625. The molecule has 1 aromatic rings. The Hall–Kier alpha value is -0.900. The van der Waals surface area contributed by atoms with Crippen LogP contribution in [0, 0.1) is 5.92 Å². The van der Waals surface area contributed by atoms with Gasteiger partial charge in [-0.05, 0) is 37.3 Å². The first kappa shape index (κ1) is 14.5. The van der Waals surface area contributed by atoms with E-state index in [4.69, 9.17) is 4.74 Å². The lowest BCUT2D eigenvalue weighted by atomic mass is 9.91. The van der Waals surface area contributed by atoms with E-state index in [9.17, 15) is 5.11 Å². The van der Waals surface area contributed by atoms with Crippen LogP contribution < -0.4 is 5.32 Å². The van der Waals surface area contributed by atoms with E-state index in [0.717, 1.165) is 31.1 Å². The zero-order valence-corrected chi connectivity index (χ0v) is 11.8. The Morgan fingerprint density at radius 3 is 2.63 bits per heavy atom. The normalized spacial score (nSPS) is 18.2. The molecule has 1 aromatic carbocycles. The molecule has 0 aromatic heterocycles. The predicted molar refractivity (Wildman–Crippen MR) is 77.0 cm³/mol. The fourth-order valence-electron chi connectivity index (χ4n) is 2.24. The van der Waals surface area contributed by atoms with Crippen LogP contribution in [-0.2, 0) is 10.3 Å². The van der Waals surface area contributed by atoms with Gasteiger partial charge in [-0.1, -0.05) is 37.3 Å². The van der Waals surface area contributed by atoms with Gasteiger partial charge < -0.3 is 15.2 Å². The summed E-state index contributed by atoms with van der Waals surface area (Å²) in [6.07, 6.45) is 3.62. The first-order valence-electron chi connectivity index (χ1n) is 7.30. The van der Waals surface area contributed by atoms with Crippen molar-refractivity contribution in [2.24, 2.45) is 5.92 Å². The average molecular weight is 263 g/mol. The highest BCUT2D eigenvalue weighted by Crippen LogP contribution is 2.30. The highest BCUT2D eigenvalue weighted by atomic mass is 16.5. The molecule has 1 aliphatic carbocycles. The van der Waals surface area contributed by atoms with Gasteiger partial charge in [0.2, 0.25) is 0 Å². The molecular formula is C16H25NO2. The molecule has 3 nitrogen and oxygen atoms in total. The molecule has 1 fully saturated rings. The number of aliphatic hydroxyl groups excluding tert-OH is 1. The van der Waals surface area contributed by atoms with Crippen LogP contribution in [0.5, 0.6) is 0 Å². The third-order valence-corrected chi connectivity index (χ3v) is 3.71. The third kappa shape index (κ3) is 4.03. The molecule has 0 heterocycles. The Kier molecular flexibility index (Phi) is 5.37. The average Bonchev–Trinajstić information content (AvgIpc) is 3.28. The summed E-state index contributed by atoms with van der Waals surface area (Å²) >= 11 is 0. The molecule has 1 aliphatic rings. The largest absolute Gasteiger partial charge is 0.394 e. The molecule has 0 radical (unpaired) electrons. The number of hydrogen-bond donors (Lipinski definition) is 2. The summed E-state index contributed by atoms with van der Waals surface area (Å²) in [5.74, 6) is 0.748. The lowest BCUT2D eigenvalue weighted by Crippen LogP contribution is -2.49. The summed E-state index contributed by atoms with van der Waals surface area (Å²) in [7, 11) is 0. The standard InChI is InChI=1S/C16H25NO2/c1-2-10-17-16(12-18,13-19-11-14-8-9-14)15-6-4-3-5-7-15/h3-7,14,17-18H,2,8-13H2,1H3. The molecule has 3 heteroatoms. The summed E-state index contributed by atoms with van der Waals surface area (Å²) in [5.41, 5.74) is 0.633. The Morgan fingerprint density at radius 2 is 2.05 bits per heavy atom. The van der Waals surface area contributed by atoms with Crippen LogP contribution in [0.3, 0.4) is 0 Å². The minimum atomic E-state index is -0.466.